The SMILES string of the molecule is CC.CC(=O)CC[C@H](N)C(=O)O. The van der Waals surface area contributed by atoms with E-state index in [2.05, 4.69) is 0 Å². The normalized spacial score (nSPS) is 11.0. The zero-order valence-corrected chi connectivity index (χ0v) is 7.83. The van der Waals surface area contributed by atoms with Crippen LogP contribution in [0.5, 0.6) is 0 Å². The van der Waals surface area contributed by atoms with Gasteiger partial charge in [-0.25, -0.2) is 0 Å². The van der Waals surface area contributed by atoms with Gasteiger partial charge < -0.3 is 15.6 Å². The van der Waals surface area contributed by atoms with Gasteiger partial charge >= 0.3 is 5.97 Å². The smallest absolute Gasteiger partial charge is 0.320 e. The third-order valence-corrected chi connectivity index (χ3v) is 1.12. The molecule has 0 spiro atoms. The molecule has 3 N–H and O–H groups in total. The van der Waals surface area contributed by atoms with E-state index in [4.69, 9.17) is 10.8 Å². The average molecular weight is 175 g/mol. The number of carbonyl (C=O) groups is 2. The molecule has 0 aromatic carbocycles. The van der Waals surface area contributed by atoms with E-state index in [1.807, 2.05) is 13.8 Å². The molecule has 12 heavy (non-hydrogen) atoms. The summed E-state index contributed by atoms with van der Waals surface area (Å²) in [5, 5.41) is 8.26. The highest BCUT2D eigenvalue weighted by atomic mass is 16.4. The Hall–Kier alpha value is -0.900. The molecule has 0 radical (unpaired) electrons. The van der Waals surface area contributed by atoms with E-state index >= 15 is 0 Å². The highest BCUT2D eigenvalue weighted by molar-refractivity contribution is 5.77. The monoisotopic (exact) mass is 175 g/mol. The van der Waals surface area contributed by atoms with Crippen molar-refractivity contribution in [2.45, 2.75) is 39.7 Å². The minimum atomic E-state index is -1.05. The van der Waals surface area contributed by atoms with Crippen LogP contribution in [0.4, 0.5) is 0 Å². The number of ketones is 1. The van der Waals surface area contributed by atoms with Gasteiger partial charge in [-0.3, -0.25) is 4.79 Å². The van der Waals surface area contributed by atoms with Gasteiger partial charge in [0.15, 0.2) is 0 Å². The van der Waals surface area contributed by atoms with Gasteiger partial charge in [-0.05, 0) is 13.3 Å². The van der Waals surface area contributed by atoms with Crippen LogP contribution in [0.25, 0.3) is 0 Å². The van der Waals surface area contributed by atoms with Crippen LogP contribution in [0.2, 0.25) is 0 Å². The molecule has 0 fully saturated rings. The van der Waals surface area contributed by atoms with Crippen molar-refractivity contribution in [3.63, 3.8) is 0 Å². The lowest BCUT2D eigenvalue weighted by atomic mass is 10.1. The molecule has 0 heterocycles. The van der Waals surface area contributed by atoms with Crippen LogP contribution in [0.15, 0.2) is 0 Å². The summed E-state index contributed by atoms with van der Waals surface area (Å²) < 4.78 is 0. The highest BCUT2D eigenvalue weighted by Gasteiger charge is 2.10. The Morgan fingerprint density at radius 2 is 1.83 bits per heavy atom. The Morgan fingerprint density at radius 3 is 2.08 bits per heavy atom. The van der Waals surface area contributed by atoms with Crippen LogP contribution in [0, 0.1) is 0 Å². The van der Waals surface area contributed by atoms with Crippen molar-refractivity contribution in [1.82, 2.24) is 0 Å². The molecule has 0 aliphatic rings. The van der Waals surface area contributed by atoms with Gasteiger partial charge in [-0.2, -0.15) is 0 Å². The fourth-order valence-electron chi connectivity index (χ4n) is 0.482. The van der Waals surface area contributed by atoms with Crippen molar-refractivity contribution in [3.05, 3.63) is 0 Å². The van der Waals surface area contributed by atoms with Crippen molar-refractivity contribution in [2.24, 2.45) is 5.73 Å². The summed E-state index contributed by atoms with van der Waals surface area (Å²) >= 11 is 0. The largest absolute Gasteiger partial charge is 0.480 e. The lowest BCUT2D eigenvalue weighted by molar-refractivity contribution is -0.138. The maximum atomic E-state index is 10.3. The standard InChI is InChI=1S/C6H11NO3.C2H6/c1-4(8)2-3-5(7)6(9)10;1-2/h5H,2-3,7H2,1H3,(H,9,10);1-2H3/t5-;/m0./s1. The minimum Gasteiger partial charge on any atom is -0.480 e. The molecule has 0 aromatic rings. The second-order valence-electron chi connectivity index (χ2n) is 2.19. The summed E-state index contributed by atoms with van der Waals surface area (Å²) in [5.41, 5.74) is 5.11. The zero-order valence-electron chi connectivity index (χ0n) is 7.83. The number of rotatable bonds is 4. The summed E-state index contributed by atoms with van der Waals surface area (Å²) in [6.45, 7) is 5.41. The van der Waals surface area contributed by atoms with Crippen LogP contribution >= 0.6 is 0 Å². The molecule has 0 unspecified atom stereocenters. The number of Topliss-reactive ketones (excluding diaryl/α,β-unsaturated/α-hetero) is 1. The van der Waals surface area contributed by atoms with E-state index in [1.54, 1.807) is 0 Å². The molecule has 0 aliphatic heterocycles. The second-order valence-corrected chi connectivity index (χ2v) is 2.19. The Bertz CT molecular complexity index is 145. The molecule has 0 bridgehead atoms. The molecule has 0 saturated heterocycles. The summed E-state index contributed by atoms with van der Waals surface area (Å²) in [6, 6.07) is -0.899. The minimum absolute atomic E-state index is 0.0308. The Balaban J connectivity index is 0. The Labute approximate surface area is 72.8 Å². The Morgan fingerprint density at radius 1 is 1.42 bits per heavy atom. The predicted molar refractivity (Wildman–Crippen MR) is 46.9 cm³/mol. The highest BCUT2D eigenvalue weighted by Crippen LogP contribution is 1.94. The lowest BCUT2D eigenvalue weighted by Crippen LogP contribution is -2.30. The van der Waals surface area contributed by atoms with Gasteiger partial charge in [0.05, 0.1) is 0 Å². The third kappa shape index (κ3) is 9.10. The van der Waals surface area contributed by atoms with Crippen molar-refractivity contribution in [1.29, 1.82) is 0 Å². The predicted octanol–water partition coefficient (Wildman–Crippen LogP) is 0.794. The Kier molecular flexibility index (Phi) is 9.34. The van der Waals surface area contributed by atoms with Crippen LogP contribution < -0.4 is 5.73 Å². The van der Waals surface area contributed by atoms with Crippen molar-refractivity contribution in [3.8, 4) is 0 Å². The first-order valence-corrected chi connectivity index (χ1v) is 4.02. The molecule has 0 saturated carbocycles. The molecule has 4 nitrogen and oxygen atoms in total. The summed E-state index contributed by atoms with van der Waals surface area (Å²) in [4.78, 5) is 20.4. The molecule has 4 heteroatoms. The van der Waals surface area contributed by atoms with Gasteiger partial charge in [0.2, 0.25) is 0 Å². The second kappa shape index (κ2) is 8.20. The quantitative estimate of drug-likeness (QED) is 0.662. The molecule has 0 amide bonds. The first kappa shape index (κ1) is 13.7. The molecule has 72 valence electrons. The first-order valence-electron chi connectivity index (χ1n) is 4.02. The van der Waals surface area contributed by atoms with Gasteiger partial charge in [0.25, 0.3) is 0 Å². The molecule has 0 aromatic heterocycles. The van der Waals surface area contributed by atoms with E-state index in [9.17, 15) is 9.59 Å². The van der Waals surface area contributed by atoms with Gasteiger partial charge in [-0.15, -0.1) is 0 Å². The van der Waals surface area contributed by atoms with Crippen molar-refractivity contribution < 1.29 is 14.7 Å². The van der Waals surface area contributed by atoms with Crippen LogP contribution in [-0.4, -0.2) is 22.9 Å². The van der Waals surface area contributed by atoms with Crippen molar-refractivity contribution >= 4 is 11.8 Å². The topological polar surface area (TPSA) is 80.4 Å². The number of carbonyl (C=O) groups excluding carboxylic acids is 1. The van der Waals surface area contributed by atoms with Gasteiger partial charge in [0, 0.05) is 6.42 Å². The summed E-state index contributed by atoms with van der Waals surface area (Å²) in [6.07, 6.45) is 0.470. The maximum absolute atomic E-state index is 10.3. The first-order chi connectivity index (χ1) is 5.54. The lowest BCUT2D eigenvalue weighted by Gasteiger charge is -2.02. The van der Waals surface area contributed by atoms with E-state index in [1.165, 1.54) is 6.92 Å². The van der Waals surface area contributed by atoms with Crippen LogP contribution in [0.1, 0.15) is 33.6 Å². The van der Waals surface area contributed by atoms with E-state index in [-0.39, 0.29) is 18.6 Å². The molecule has 1 atom stereocenters. The third-order valence-electron chi connectivity index (χ3n) is 1.12. The molecular weight excluding hydrogens is 158 g/mol. The summed E-state index contributed by atoms with van der Waals surface area (Å²) in [7, 11) is 0. The summed E-state index contributed by atoms with van der Waals surface area (Å²) in [5.74, 6) is -1.09. The van der Waals surface area contributed by atoms with Crippen LogP contribution in [0.3, 0.4) is 0 Å². The molecular formula is C8H17NO3. The van der Waals surface area contributed by atoms with E-state index in [0.717, 1.165) is 0 Å². The van der Waals surface area contributed by atoms with Crippen molar-refractivity contribution in [2.75, 3.05) is 0 Å². The average Bonchev–Trinajstić information content (AvgIpc) is 2.03. The number of carboxylic acid groups (broad SMARTS) is 1. The van der Waals surface area contributed by atoms with E-state index < -0.39 is 12.0 Å². The fourth-order valence-corrected chi connectivity index (χ4v) is 0.482. The maximum Gasteiger partial charge on any atom is 0.320 e. The number of aliphatic carboxylic acids is 1. The van der Waals surface area contributed by atoms with Gasteiger partial charge in [-0.1, -0.05) is 13.8 Å². The van der Waals surface area contributed by atoms with Crippen LogP contribution in [-0.2, 0) is 9.59 Å². The zero-order chi connectivity index (χ0) is 10.1. The molecule has 0 rings (SSSR count). The molecule has 0 aliphatic carbocycles. The van der Waals surface area contributed by atoms with Gasteiger partial charge in [0.1, 0.15) is 11.8 Å². The number of carboxylic acids is 1. The fraction of sp³-hybridized carbons (Fsp3) is 0.750. The number of hydrogen-bond acceptors (Lipinski definition) is 3. The number of nitrogens with two attached hydrogens (primary N) is 1. The van der Waals surface area contributed by atoms with E-state index in [0.29, 0.717) is 0 Å². The number of hydrogen-bond donors (Lipinski definition) is 2.